The molecule has 2 fully saturated rings. The molecule has 1 aromatic rings. The van der Waals surface area contributed by atoms with Crippen molar-refractivity contribution in [2.45, 2.75) is 57.3 Å². The molecule has 21 heavy (non-hydrogen) atoms. The van der Waals surface area contributed by atoms with Crippen LogP contribution in [0.15, 0.2) is 0 Å². The van der Waals surface area contributed by atoms with Crippen LogP contribution < -0.4 is 10.2 Å². The van der Waals surface area contributed by atoms with Gasteiger partial charge in [-0.1, -0.05) is 25.7 Å². The largest absolute Gasteiger partial charge is 0.372 e. The summed E-state index contributed by atoms with van der Waals surface area (Å²) in [5.74, 6) is 2.59. The van der Waals surface area contributed by atoms with Gasteiger partial charge in [0.15, 0.2) is 0 Å². The number of hydrogen-bond acceptors (Lipinski definition) is 4. The van der Waals surface area contributed by atoms with Gasteiger partial charge in [-0.3, -0.25) is 0 Å². The predicted molar refractivity (Wildman–Crippen MR) is 96.2 cm³/mol. The molecule has 0 bridgehead atoms. The van der Waals surface area contributed by atoms with Gasteiger partial charge in [-0.05, 0) is 48.3 Å². The zero-order valence-electron chi connectivity index (χ0n) is 12.9. The van der Waals surface area contributed by atoms with E-state index >= 15 is 0 Å². The predicted octanol–water partition coefficient (Wildman–Crippen LogP) is 4.16. The first-order chi connectivity index (χ1) is 10.3. The molecule has 0 spiro atoms. The van der Waals surface area contributed by atoms with E-state index in [2.05, 4.69) is 32.8 Å². The third-order valence-electron chi connectivity index (χ3n) is 4.73. The minimum absolute atomic E-state index is 0.637. The Hall–Kier alpha value is -0.590. The Morgan fingerprint density at radius 3 is 2.29 bits per heavy atom. The van der Waals surface area contributed by atoms with Crippen molar-refractivity contribution in [1.29, 1.82) is 0 Å². The molecule has 2 heterocycles. The third kappa shape index (κ3) is 3.43. The van der Waals surface area contributed by atoms with Crippen LogP contribution >= 0.6 is 22.6 Å². The summed E-state index contributed by atoms with van der Waals surface area (Å²) in [5.41, 5.74) is 1.28. The van der Waals surface area contributed by atoms with E-state index < -0.39 is 0 Å². The fourth-order valence-electron chi connectivity index (χ4n) is 3.50. The molecule has 0 aromatic carbocycles. The Balaban J connectivity index is 1.93. The molecule has 4 nitrogen and oxygen atoms in total. The molecule has 5 heteroatoms. The van der Waals surface area contributed by atoms with Crippen LogP contribution in [0.5, 0.6) is 0 Å². The first kappa shape index (κ1) is 15.3. The average molecular weight is 400 g/mol. The van der Waals surface area contributed by atoms with E-state index in [-0.39, 0.29) is 0 Å². The van der Waals surface area contributed by atoms with E-state index in [0.717, 1.165) is 24.9 Å². The summed E-state index contributed by atoms with van der Waals surface area (Å²) in [5, 5.41) is 3.27. The number of aromatic nitrogens is 2. The Labute approximate surface area is 141 Å². The van der Waals surface area contributed by atoms with Gasteiger partial charge in [0.05, 0.1) is 9.26 Å². The van der Waals surface area contributed by atoms with E-state index in [0.29, 0.717) is 5.92 Å². The SMILES string of the molecule is CNc1nc(N2CCCCCC2)nc(C2CCCC2)c1I. The Kier molecular flexibility index (Phi) is 5.19. The van der Waals surface area contributed by atoms with Gasteiger partial charge in [0.25, 0.3) is 0 Å². The maximum Gasteiger partial charge on any atom is 0.227 e. The summed E-state index contributed by atoms with van der Waals surface area (Å²) in [7, 11) is 1.97. The fraction of sp³-hybridized carbons (Fsp3) is 0.750. The summed E-state index contributed by atoms with van der Waals surface area (Å²) >= 11 is 2.42. The second-order valence-electron chi connectivity index (χ2n) is 6.20. The van der Waals surface area contributed by atoms with Crippen molar-refractivity contribution in [2.75, 3.05) is 30.4 Å². The van der Waals surface area contributed by atoms with Crippen molar-refractivity contribution in [3.63, 3.8) is 0 Å². The minimum atomic E-state index is 0.637. The molecule has 116 valence electrons. The monoisotopic (exact) mass is 400 g/mol. The number of hydrogen-bond donors (Lipinski definition) is 1. The lowest BCUT2D eigenvalue weighted by molar-refractivity contribution is 0.678. The topological polar surface area (TPSA) is 41.1 Å². The average Bonchev–Trinajstić information content (AvgIpc) is 2.90. The van der Waals surface area contributed by atoms with Gasteiger partial charge >= 0.3 is 0 Å². The van der Waals surface area contributed by atoms with Crippen molar-refractivity contribution in [3.8, 4) is 0 Å². The van der Waals surface area contributed by atoms with E-state index in [4.69, 9.17) is 9.97 Å². The van der Waals surface area contributed by atoms with Crippen molar-refractivity contribution in [1.82, 2.24) is 9.97 Å². The highest BCUT2D eigenvalue weighted by Crippen LogP contribution is 2.37. The second kappa shape index (κ2) is 7.11. The first-order valence-corrected chi connectivity index (χ1v) is 9.37. The summed E-state index contributed by atoms with van der Waals surface area (Å²) < 4.78 is 1.22. The number of halogens is 1. The normalized spacial score (nSPS) is 20.6. The molecular formula is C16H25IN4. The summed E-state index contributed by atoms with van der Waals surface area (Å²) in [6.07, 6.45) is 10.5. The van der Waals surface area contributed by atoms with E-state index in [9.17, 15) is 0 Å². The zero-order valence-corrected chi connectivity index (χ0v) is 15.0. The smallest absolute Gasteiger partial charge is 0.227 e. The molecule has 1 N–H and O–H groups in total. The molecule has 1 aromatic heterocycles. The van der Waals surface area contributed by atoms with Gasteiger partial charge in [-0.15, -0.1) is 0 Å². The Bertz CT molecular complexity index is 477. The zero-order chi connectivity index (χ0) is 14.7. The molecule has 1 aliphatic carbocycles. The van der Waals surface area contributed by atoms with Crippen LogP contribution in [0.1, 0.15) is 63.0 Å². The van der Waals surface area contributed by atoms with Gasteiger partial charge < -0.3 is 10.2 Å². The summed E-state index contributed by atoms with van der Waals surface area (Å²) in [6.45, 7) is 2.21. The molecule has 1 aliphatic heterocycles. The molecular weight excluding hydrogens is 375 g/mol. The van der Waals surface area contributed by atoms with Crippen molar-refractivity contribution < 1.29 is 0 Å². The highest BCUT2D eigenvalue weighted by atomic mass is 127. The lowest BCUT2D eigenvalue weighted by Gasteiger charge is -2.23. The lowest BCUT2D eigenvalue weighted by Crippen LogP contribution is -2.27. The van der Waals surface area contributed by atoms with E-state index in [1.54, 1.807) is 0 Å². The van der Waals surface area contributed by atoms with Crippen LogP contribution in [-0.4, -0.2) is 30.1 Å². The van der Waals surface area contributed by atoms with Gasteiger partial charge in [0.2, 0.25) is 5.95 Å². The lowest BCUT2D eigenvalue weighted by atomic mass is 10.0. The third-order valence-corrected chi connectivity index (χ3v) is 5.80. The quantitative estimate of drug-likeness (QED) is 0.774. The van der Waals surface area contributed by atoms with Crippen LogP contribution in [0.3, 0.4) is 0 Å². The molecule has 1 saturated carbocycles. The van der Waals surface area contributed by atoms with E-state index in [1.807, 2.05) is 7.05 Å². The number of anilines is 2. The van der Waals surface area contributed by atoms with Crippen LogP contribution in [0.2, 0.25) is 0 Å². The van der Waals surface area contributed by atoms with Gasteiger partial charge in [-0.25, -0.2) is 4.98 Å². The number of nitrogens with one attached hydrogen (secondary N) is 1. The van der Waals surface area contributed by atoms with Crippen LogP contribution in [0, 0.1) is 3.57 Å². The van der Waals surface area contributed by atoms with Crippen molar-refractivity contribution in [2.24, 2.45) is 0 Å². The standard InChI is InChI=1S/C16H25IN4/c1-18-15-13(17)14(12-8-4-5-9-12)19-16(20-15)21-10-6-2-3-7-11-21/h12H,2-11H2,1H3,(H,18,19,20). The Morgan fingerprint density at radius 1 is 1.00 bits per heavy atom. The van der Waals surface area contributed by atoms with Gasteiger partial charge in [-0.2, -0.15) is 4.98 Å². The second-order valence-corrected chi connectivity index (χ2v) is 7.28. The van der Waals surface area contributed by atoms with E-state index in [1.165, 1.54) is 60.6 Å². The first-order valence-electron chi connectivity index (χ1n) is 8.29. The molecule has 0 amide bonds. The van der Waals surface area contributed by atoms with Gasteiger partial charge in [0.1, 0.15) is 5.82 Å². The maximum atomic E-state index is 5.00. The van der Waals surface area contributed by atoms with Crippen molar-refractivity contribution >= 4 is 34.4 Å². The number of rotatable bonds is 3. The van der Waals surface area contributed by atoms with Crippen LogP contribution in [0.25, 0.3) is 0 Å². The van der Waals surface area contributed by atoms with Gasteiger partial charge in [0, 0.05) is 26.1 Å². The highest BCUT2D eigenvalue weighted by molar-refractivity contribution is 14.1. The molecule has 1 saturated heterocycles. The molecule has 2 aliphatic rings. The highest BCUT2D eigenvalue weighted by Gasteiger charge is 2.25. The fourth-order valence-corrected chi connectivity index (χ4v) is 4.45. The summed E-state index contributed by atoms with van der Waals surface area (Å²) in [4.78, 5) is 12.2. The molecule has 0 unspecified atom stereocenters. The van der Waals surface area contributed by atoms with Crippen LogP contribution in [-0.2, 0) is 0 Å². The molecule has 0 atom stereocenters. The summed E-state index contributed by atoms with van der Waals surface area (Å²) in [6, 6.07) is 0. The Morgan fingerprint density at radius 2 is 1.67 bits per heavy atom. The minimum Gasteiger partial charge on any atom is -0.372 e. The van der Waals surface area contributed by atoms with Crippen LogP contribution in [0.4, 0.5) is 11.8 Å². The molecule has 0 radical (unpaired) electrons. The van der Waals surface area contributed by atoms with Crippen molar-refractivity contribution in [3.05, 3.63) is 9.26 Å². The maximum absolute atomic E-state index is 5.00. The molecule has 3 rings (SSSR count). The number of nitrogens with zero attached hydrogens (tertiary/aromatic N) is 3.